The molecule has 0 amide bonds. The van der Waals surface area contributed by atoms with Crippen molar-refractivity contribution < 1.29 is 5.11 Å². The largest absolute Gasteiger partial charge is 0.392 e. The molecule has 0 fully saturated rings. The van der Waals surface area contributed by atoms with Crippen molar-refractivity contribution in [3.05, 3.63) is 40.7 Å². The summed E-state index contributed by atoms with van der Waals surface area (Å²) in [6, 6.07) is 9.37. The monoisotopic (exact) mass is 232 g/mol. The lowest BCUT2D eigenvalue weighted by Crippen LogP contribution is -2.29. The summed E-state index contributed by atoms with van der Waals surface area (Å²) in [7, 11) is 1.84. The van der Waals surface area contributed by atoms with Gasteiger partial charge in [0.1, 0.15) is 5.82 Å². The zero-order valence-electron chi connectivity index (χ0n) is 9.97. The Morgan fingerprint density at radius 2 is 2.12 bits per heavy atom. The van der Waals surface area contributed by atoms with Gasteiger partial charge in [0.2, 0.25) is 0 Å². The summed E-state index contributed by atoms with van der Waals surface area (Å²) in [6.07, 6.45) is -0.435. The minimum absolute atomic E-state index is 0.101. The highest BCUT2D eigenvalue weighted by atomic mass is 16.3. The van der Waals surface area contributed by atoms with Gasteiger partial charge in [0, 0.05) is 19.0 Å². The Hall–Kier alpha value is -1.81. The van der Waals surface area contributed by atoms with Gasteiger partial charge in [-0.15, -0.1) is 0 Å². The number of pyridine rings is 1. The number of fused-ring (bicyclic) bond motifs is 1. The molecule has 0 spiro atoms. The van der Waals surface area contributed by atoms with Crippen LogP contribution in [-0.4, -0.2) is 29.8 Å². The van der Waals surface area contributed by atoms with Crippen molar-refractivity contribution in [1.82, 2.24) is 4.98 Å². The van der Waals surface area contributed by atoms with E-state index in [2.05, 4.69) is 4.98 Å². The number of nitrogens with one attached hydrogen (secondary N) is 1. The highest BCUT2D eigenvalue weighted by Gasteiger charge is 2.07. The van der Waals surface area contributed by atoms with Gasteiger partial charge in [0.15, 0.2) is 0 Å². The zero-order chi connectivity index (χ0) is 12.4. The van der Waals surface area contributed by atoms with E-state index in [1.165, 1.54) is 0 Å². The summed E-state index contributed by atoms with van der Waals surface area (Å²) in [5.74, 6) is 0.717. The number of hydrogen-bond acceptors (Lipinski definition) is 3. The van der Waals surface area contributed by atoms with Gasteiger partial charge in [0.05, 0.1) is 6.10 Å². The SMILES string of the molecule is CC(O)CN(C)c1cc2ccccc2c(=O)[nH]1. The van der Waals surface area contributed by atoms with Crippen LogP contribution in [0.4, 0.5) is 5.82 Å². The normalized spacial score (nSPS) is 12.6. The Morgan fingerprint density at radius 3 is 2.82 bits per heavy atom. The quantitative estimate of drug-likeness (QED) is 0.839. The number of aliphatic hydroxyl groups is 1. The first-order chi connectivity index (χ1) is 8.08. The van der Waals surface area contributed by atoms with Crippen molar-refractivity contribution in [3.63, 3.8) is 0 Å². The molecular weight excluding hydrogens is 216 g/mol. The molecule has 17 heavy (non-hydrogen) atoms. The number of likely N-dealkylation sites (N-methyl/N-ethyl adjacent to an activating group) is 1. The van der Waals surface area contributed by atoms with Gasteiger partial charge in [-0.1, -0.05) is 18.2 Å². The Morgan fingerprint density at radius 1 is 1.41 bits per heavy atom. The molecule has 90 valence electrons. The van der Waals surface area contributed by atoms with E-state index in [0.29, 0.717) is 11.9 Å². The molecule has 0 aliphatic carbocycles. The molecule has 4 nitrogen and oxygen atoms in total. The molecule has 1 heterocycles. The van der Waals surface area contributed by atoms with Crippen LogP contribution in [0.25, 0.3) is 10.8 Å². The molecule has 0 saturated heterocycles. The van der Waals surface area contributed by atoms with Crippen LogP contribution < -0.4 is 10.5 Å². The van der Waals surface area contributed by atoms with Gasteiger partial charge >= 0.3 is 0 Å². The highest BCUT2D eigenvalue weighted by molar-refractivity contribution is 5.83. The molecule has 2 N–H and O–H groups in total. The number of hydrogen-bond donors (Lipinski definition) is 2. The van der Waals surface area contributed by atoms with E-state index in [1.54, 1.807) is 13.0 Å². The topological polar surface area (TPSA) is 56.3 Å². The second-order valence-electron chi connectivity index (χ2n) is 4.30. The smallest absolute Gasteiger partial charge is 0.257 e. The highest BCUT2D eigenvalue weighted by Crippen LogP contribution is 2.15. The predicted molar refractivity (Wildman–Crippen MR) is 69.5 cm³/mol. The fraction of sp³-hybridized carbons (Fsp3) is 0.308. The lowest BCUT2D eigenvalue weighted by molar-refractivity contribution is 0.201. The molecule has 1 unspecified atom stereocenters. The molecule has 0 radical (unpaired) electrons. The van der Waals surface area contributed by atoms with Gasteiger partial charge in [0.25, 0.3) is 5.56 Å². The van der Waals surface area contributed by atoms with E-state index in [-0.39, 0.29) is 5.56 Å². The summed E-state index contributed by atoms with van der Waals surface area (Å²) >= 11 is 0. The van der Waals surface area contributed by atoms with Crippen LogP contribution in [0, 0.1) is 0 Å². The maximum Gasteiger partial charge on any atom is 0.257 e. The van der Waals surface area contributed by atoms with Gasteiger partial charge < -0.3 is 15.0 Å². The van der Waals surface area contributed by atoms with Crippen molar-refractivity contribution in [2.45, 2.75) is 13.0 Å². The van der Waals surface area contributed by atoms with Gasteiger partial charge in [-0.25, -0.2) is 0 Å². The second-order valence-corrected chi connectivity index (χ2v) is 4.30. The molecule has 1 aromatic heterocycles. The molecule has 2 aromatic rings. The number of aromatic amines is 1. The molecule has 1 aromatic carbocycles. The van der Waals surface area contributed by atoms with Crippen molar-refractivity contribution in [3.8, 4) is 0 Å². The lowest BCUT2D eigenvalue weighted by Gasteiger charge is -2.20. The molecule has 0 bridgehead atoms. The first-order valence-corrected chi connectivity index (χ1v) is 5.59. The number of rotatable bonds is 3. The van der Waals surface area contributed by atoms with Crippen LogP contribution in [-0.2, 0) is 0 Å². The molecule has 0 aliphatic heterocycles. The van der Waals surface area contributed by atoms with Crippen molar-refractivity contribution in [2.24, 2.45) is 0 Å². The summed E-state index contributed by atoms with van der Waals surface area (Å²) < 4.78 is 0. The lowest BCUT2D eigenvalue weighted by atomic mass is 10.2. The third-order valence-electron chi connectivity index (χ3n) is 2.69. The summed E-state index contributed by atoms with van der Waals surface area (Å²) in [4.78, 5) is 16.5. The predicted octanol–water partition coefficient (Wildman–Crippen LogP) is 1.35. The van der Waals surface area contributed by atoms with Crippen LogP contribution in [0.2, 0.25) is 0 Å². The van der Waals surface area contributed by atoms with Gasteiger partial charge in [-0.2, -0.15) is 0 Å². The Labute approximate surface area is 99.5 Å². The third-order valence-corrected chi connectivity index (χ3v) is 2.69. The molecule has 4 heteroatoms. The number of nitrogens with zero attached hydrogens (tertiary/aromatic N) is 1. The first-order valence-electron chi connectivity index (χ1n) is 5.59. The van der Waals surface area contributed by atoms with Gasteiger partial charge in [-0.05, 0) is 24.4 Å². The Bertz CT molecular complexity index is 575. The number of anilines is 1. The summed E-state index contributed by atoms with van der Waals surface area (Å²) in [5.41, 5.74) is -0.101. The van der Waals surface area contributed by atoms with Crippen LogP contribution in [0.5, 0.6) is 0 Å². The fourth-order valence-corrected chi connectivity index (χ4v) is 1.90. The maximum atomic E-state index is 11.8. The number of aromatic nitrogens is 1. The molecule has 0 aliphatic rings. The Balaban J connectivity index is 2.46. The number of benzene rings is 1. The van der Waals surface area contributed by atoms with E-state index in [9.17, 15) is 9.90 Å². The zero-order valence-corrected chi connectivity index (χ0v) is 9.97. The Kier molecular flexibility index (Phi) is 3.15. The standard InChI is InChI=1S/C13H16N2O2/c1-9(16)8-15(2)12-7-10-5-3-4-6-11(10)13(17)14-12/h3-7,9,16H,8H2,1-2H3,(H,14,17). The van der Waals surface area contributed by atoms with Crippen molar-refractivity contribution >= 4 is 16.6 Å². The third kappa shape index (κ3) is 2.47. The average Bonchev–Trinajstić information content (AvgIpc) is 2.28. The molecular formula is C13H16N2O2. The number of H-pyrrole nitrogens is 1. The van der Waals surface area contributed by atoms with Crippen LogP contribution >= 0.6 is 0 Å². The average molecular weight is 232 g/mol. The summed E-state index contributed by atoms with van der Waals surface area (Å²) in [6.45, 7) is 2.20. The van der Waals surface area contributed by atoms with E-state index < -0.39 is 6.10 Å². The van der Waals surface area contributed by atoms with E-state index in [0.717, 1.165) is 11.2 Å². The van der Waals surface area contributed by atoms with E-state index in [4.69, 9.17) is 0 Å². The van der Waals surface area contributed by atoms with Crippen LogP contribution in [0.3, 0.4) is 0 Å². The number of aliphatic hydroxyl groups excluding tert-OH is 1. The molecule has 0 saturated carbocycles. The molecule has 2 rings (SSSR count). The first kappa shape index (κ1) is 11.7. The van der Waals surface area contributed by atoms with Crippen molar-refractivity contribution in [2.75, 3.05) is 18.5 Å². The minimum Gasteiger partial charge on any atom is -0.392 e. The second kappa shape index (κ2) is 4.59. The van der Waals surface area contributed by atoms with E-state index in [1.807, 2.05) is 36.2 Å². The van der Waals surface area contributed by atoms with Crippen LogP contribution in [0.1, 0.15) is 6.92 Å². The van der Waals surface area contributed by atoms with Crippen molar-refractivity contribution in [1.29, 1.82) is 0 Å². The molecule has 1 atom stereocenters. The fourth-order valence-electron chi connectivity index (χ4n) is 1.90. The van der Waals surface area contributed by atoms with E-state index >= 15 is 0 Å². The van der Waals surface area contributed by atoms with Crippen LogP contribution in [0.15, 0.2) is 35.1 Å². The van der Waals surface area contributed by atoms with Gasteiger partial charge in [-0.3, -0.25) is 4.79 Å². The summed E-state index contributed by atoms with van der Waals surface area (Å²) in [5, 5.41) is 10.9. The minimum atomic E-state index is -0.435. The maximum absolute atomic E-state index is 11.8.